The third-order valence-electron chi connectivity index (χ3n) is 17.4. The monoisotopic (exact) mass is 1340 g/mol. The van der Waals surface area contributed by atoms with Gasteiger partial charge in [-0.15, -0.1) is 0 Å². The second-order valence-electron chi connectivity index (χ2n) is 24.0. The van der Waals surface area contributed by atoms with Crippen LogP contribution in [0.2, 0.25) is 0 Å². The van der Waals surface area contributed by atoms with Gasteiger partial charge in [0.25, 0.3) is 18.1 Å². The Morgan fingerprint density at radius 1 is 0.479 bits per heavy atom. The van der Waals surface area contributed by atoms with Crippen molar-refractivity contribution in [2.75, 3.05) is 53.4 Å². The summed E-state index contributed by atoms with van der Waals surface area (Å²) in [5.74, 6) is 11.8. The summed E-state index contributed by atoms with van der Waals surface area (Å²) in [4.78, 5) is 21.4. The Labute approximate surface area is 544 Å². The van der Waals surface area contributed by atoms with Crippen molar-refractivity contribution in [3.05, 3.63) is 206 Å². The van der Waals surface area contributed by atoms with E-state index in [9.17, 15) is 13.2 Å². The van der Waals surface area contributed by atoms with Crippen LogP contribution < -0.4 is 36.1 Å². The van der Waals surface area contributed by atoms with Crippen LogP contribution in [0.3, 0.4) is 0 Å². The van der Waals surface area contributed by atoms with Gasteiger partial charge in [-0.3, -0.25) is 0 Å². The van der Waals surface area contributed by atoms with Crippen LogP contribution in [0.4, 0.5) is 22.0 Å². The largest absolute Gasteiger partial charge is 0.497 e. The second-order valence-corrected chi connectivity index (χ2v) is 25.0. The number of rotatable bonds is 3. The van der Waals surface area contributed by atoms with Gasteiger partial charge in [-0.2, -0.15) is 8.78 Å². The molecule has 17 nitrogen and oxygen atoms in total. The van der Waals surface area contributed by atoms with Crippen LogP contribution >= 0.6 is 15.9 Å². The van der Waals surface area contributed by atoms with E-state index in [2.05, 4.69) is 64.6 Å². The summed E-state index contributed by atoms with van der Waals surface area (Å²) in [6.07, 6.45) is 4.07. The van der Waals surface area contributed by atoms with E-state index >= 15 is 8.78 Å². The summed E-state index contributed by atoms with van der Waals surface area (Å²) in [7, 11) is 1.49. The first-order valence-corrected chi connectivity index (χ1v) is 30.6. The third kappa shape index (κ3) is 11.0. The highest BCUT2D eigenvalue weighted by molar-refractivity contribution is 9.10. The minimum atomic E-state index is -1.08. The van der Waals surface area contributed by atoms with Gasteiger partial charge in [0.15, 0.2) is 34.7 Å². The first-order valence-electron chi connectivity index (χ1n) is 29.8. The van der Waals surface area contributed by atoms with E-state index in [0.29, 0.717) is 136 Å². The Kier molecular flexibility index (Phi) is 15.5. The number of fused-ring (bicyclic) bond motifs is 12. The zero-order valence-corrected chi connectivity index (χ0v) is 52.2. The van der Waals surface area contributed by atoms with Crippen molar-refractivity contribution in [1.29, 1.82) is 0 Å². The maximum Gasteiger partial charge on any atom is 0.283 e. The van der Waals surface area contributed by atoms with Gasteiger partial charge in [0.2, 0.25) is 11.9 Å². The van der Waals surface area contributed by atoms with Gasteiger partial charge in [-0.05, 0) is 122 Å². The maximum atomic E-state index is 15.4. The van der Waals surface area contributed by atoms with Gasteiger partial charge in [-0.1, -0.05) is 51.7 Å². The number of hydrogen-bond donors (Lipinski definition) is 3. The van der Waals surface area contributed by atoms with E-state index in [1.165, 1.54) is 37.7 Å². The molecule has 0 radical (unpaired) electrons. The highest BCUT2D eigenvalue weighted by atomic mass is 79.9. The lowest BCUT2D eigenvalue weighted by Crippen LogP contribution is -2.39. The molecule has 8 aromatic rings. The van der Waals surface area contributed by atoms with Gasteiger partial charge in [0.1, 0.15) is 39.6 Å². The maximum absolute atomic E-state index is 15.4. The van der Waals surface area contributed by atoms with E-state index in [1.807, 2.05) is 26.0 Å². The van der Waals surface area contributed by atoms with Gasteiger partial charge in [0, 0.05) is 97.8 Å². The molecule has 0 amide bonds. The molecule has 1 unspecified atom stereocenters. The number of aliphatic imine (C=N–C) groups is 3. The Morgan fingerprint density at radius 3 is 1.26 bits per heavy atom. The minimum absolute atomic E-state index is 0.0102. The van der Waals surface area contributed by atoms with E-state index in [1.54, 1.807) is 84.9 Å². The highest BCUT2D eigenvalue weighted by Gasteiger charge is 2.49. The number of nitrogens with zero attached hydrogens (tertiary/aromatic N) is 5. The number of nitrogens with two attached hydrogens (primary N) is 3. The Balaban J connectivity index is 0.000000124. The van der Waals surface area contributed by atoms with E-state index in [0.717, 1.165) is 10.0 Å². The van der Waals surface area contributed by atoms with Crippen molar-refractivity contribution in [3.8, 4) is 86.2 Å². The van der Waals surface area contributed by atoms with Gasteiger partial charge in [-0.25, -0.2) is 38.1 Å². The molecule has 0 saturated carbocycles. The molecule has 16 rings (SSSR count). The molecule has 3 spiro atoms. The summed E-state index contributed by atoms with van der Waals surface area (Å²) in [5.41, 5.74) is 20.9. The lowest BCUT2D eigenvalue weighted by atomic mass is 9.76. The summed E-state index contributed by atoms with van der Waals surface area (Å²) >= 11 is 3.47. The van der Waals surface area contributed by atoms with Crippen molar-refractivity contribution < 1.29 is 64.6 Å². The second kappa shape index (κ2) is 23.7. The predicted octanol–water partition coefficient (Wildman–Crippen LogP) is 12.7. The molecule has 0 bridgehead atoms. The van der Waals surface area contributed by atoms with Crippen LogP contribution in [0.25, 0.3) is 22.3 Å². The van der Waals surface area contributed by atoms with Crippen LogP contribution in [0.1, 0.15) is 77.6 Å². The molecular weight excluding hydrogens is 1280 g/mol. The smallest absolute Gasteiger partial charge is 0.283 e. The molecule has 3 atom stereocenters. The molecule has 476 valence electrons. The SMILES string of the molecule is CC1(C#Cc2cc(F)c3c(c2)[C@]2(CCOC(N)=N2)c2cc(-c4cccnc4F)ccc2O3)COC1.CC1(C#Cc2cc(F)c3c(c2)[C@]2(CCOC(N)=N2)c2cc(-c4cccnc4F)ccc2O3)COC1.COc1cc(F)c2c(c1)C1(CCOC(N)=N1)c1cc(Br)ccc1O2. The van der Waals surface area contributed by atoms with Crippen LogP contribution in [0, 0.1) is 63.9 Å². The zero-order valence-electron chi connectivity index (χ0n) is 50.6. The zero-order chi connectivity index (χ0) is 65.3. The fourth-order valence-electron chi connectivity index (χ4n) is 12.7. The number of halogens is 6. The number of hydrogen-bond acceptors (Lipinski definition) is 17. The molecule has 94 heavy (non-hydrogen) atoms. The fourth-order valence-corrected chi connectivity index (χ4v) is 13.0. The fraction of sp³-hybridized carbons (Fsp3) is 0.254. The summed E-state index contributed by atoms with van der Waals surface area (Å²) in [6.45, 7) is 7.08. The van der Waals surface area contributed by atoms with Crippen LogP contribution in [0.5, 0.6) is 40.2 Å². The molecule has 8 aliphatic heterocycles. The van der Waals surface area contributed by atoms with Crippen molar-refractivity contribution in [1.82, 2.24) is 9.97 Å². The molecule has 0 aliphatic carbocycles. The average molecular weight is 1340 g/mol. The van der Waals surface area contributed by atoms with Gasteiger partial charge < -0.3 is 59.8 Å². The number of ether oxygens (including phenoxy) is 9. The molecule has 2 aromatic heterocycles. The number of methoxy groups -OCH3 is 1. The third-order valence-corrected chi connectivity index (χ3v) is 17.9. The topological polar surface area (TPSA) is 224 Å². The standard InChI is InChI=1S/2C27H21F2N3O3.C17H14BrFN2O3/c2*1-26(14-33-15-26)7-6-16-11-20-23(21(28)12-16)35-22-5-4-17(18-3-2-9-31-24(18)29)13-19(22)27(20)8-10-34-25(30)32-27;1-22-10-7-12-15(13(19)8-10)24-14-3-2-9(18)6-11(14)17(12)4-5-23-16(20)21-17/h2*2-5,9,11-13H,8,10,14-15H2,1H3,(H2,30,32);2-3,6-8H,4-5H2,1H3,(H2,20,21)/t2*27-;/m00./s1. The summed E-state index contributed by atoms with van der Waals surface area (Å²) in [5, 5.41) is 0. The Morgan fingerprint density at radius 2 is 0.872 bits per heavy atom. The molecular formula is C71H56BrF5N8O9. The number of pyridine rings is 2. The number of benzene rings is 6. The first-order chi connectivity index (χ1) is 45.3. The number of aromatic nitrogens is 2. The van der Waals surface area contributed by atoms with Crippen molar-refractivity contribution in [3.63, 3.8) is 0 Å². The first kappa shape index (κ1) is 61.3. The van der Waals surface area contributed by atoms with E-state index in [4.69, 9.17) is 59.8 Å². The summed E-state index contributed by atoms with van der Waals surface area (Å²) in [6, 6.07) is 31.9. The normalized spacial score (nSPS) is 21.3. The average Bonchev–Trinajstić information content (AvgIpc) is 0.733. The molecule has 8 aliphatic rings. The summed E-state index contributed by atoms with van der Waals surface area (Å²) < 4.78 is 125. The molecule has 10 heterocycles. The Hall–Kier alpha value is -10.2. The van der Waals surface area contributed by atoms with Gasteiger partial charge in [0.05, 0.1) is 64.2 Å². The van der Waals surface area contributed by atoms with Crippen LogP contribution in [-0.2, 0) is 40.3 Å². The predicted molar refractivity (Wildman–Crippen MR) is 340 cm³/mol. The highest BCUT2D eigenvalue weighted by Crippen LogP contribution is 2.57. The van der Waals surface area contributed by atoms with E-state index in [-0.39, 0.29) is 59.4 Å². The van der Waals surface area contributed by atoms with Gasteiger partial charge >= 0.3 is 0 Å². The van der Waals surface area contributed by atoms with Crippen LogP contribution in [-0.4, -0.2) is 81.4 Å². The van der Waals surface area contributed by atoms with E-state index < -0.39 is 46.0 Å². The molecule has 6 N–H and O–H groups in total. The molecule has 2 saturated heterocycles. The molecule has 6 aromatic carbocycles. The quantitative estimate of drug-likeness (QED) is 0.0850. The van der Waals surface area contributed by atoms with Crippen LogP contribution in [0.15, 0.2) is 147 Å². The lowest BCUT2D eigenvalue weighted by molar-refractivity contribution is -0.0648. The van der Waals surface area contributed by atoms with Crippen molar-refractivity contribution in [2.24, 2.45) is 43.0 Å². The number of amidine groups is 3. The Bertz CT molecular complexity index is 4470. The van der Waals surface area contributed by atoms with Crippen molar-refractivity contribution in [2.45, 2.75) is 49.7 Å². The minimum Gasteiger partial charge on any atom is -0.497 e. The molecule has 23 heteroatoms. The van der Waals surface area contributed by atoms with Crippen molar-refractivity contribution >= 4 is 34.0 Å². The lowest BCUT2D eigenvalue weighted by Gasteiger charge is -2.39. The molecule has 2 fully saturated rings.